The van der Waals surface area contributed by atoms with Gasteiger partial charge in [0.15, 0.2) is 0 Å². The molecule has 0 spiro atoms. The number of ether oxygens (including phenoxy) is 1. The highest BCUT2D eigenvalue weighted by molar-refractivity contribution is 6.02. The highest BCUT2D eigenvalue weighted by atomic mass is 16.5. The first-order valence-electron chi connectivity index (χ1n) is 6.07. The van der Waals surface area contributed by atoms with Crippen LogP contribution in [0.5, 0.6) is 0 Å². The van der Waals surface area contributed by atoms with Crippen molar-refractivity contribution in [3.05, 3.63) is 59.9 Å². The number of nitrogens with zero attached hydrogens (tertiary/aromatic N) is 1. The van der Waals surface area contributed by atoms with Crippen LogP contribution in [0.4, 0.5) is 5.69 Å². The number of amides is 1. The van der Waals surface area contributed by atoms with Crippen LogP contribution in [0.2, 0.25) is 0 Å². The second-order valence-electron chi connectivity index (χ2n) is 4.12. The van der Waals surface area contributed by atoms with Crippen LogP contribution in [-0.2, 0) is 16.0 Å². The maximum Gasteiger partial charge on any atom is 0.309 e. The molecule has 1 aromatic heterocycles. The standard InChI is InChI=1S/C15H14N2O3/c1-20-14(18)10-11-5-7-12(8-6-11)17-15(19)13-4-2-3-9-16-13/h2-9H,10H2,1H3,(H,17,19). The van der Waals surface area contributed by atoms with Crippen molar-refractivity contribution in [3.63, 3.8) is 0 Å². The quantitative estimate of drug-likeness (QED) is 0.863. The number of anilines is 1. The van der Waals surface area contributed by atoms with Gasteiger partial charge in [-0.1, -0.05) is 18.2 Å². The Morgan fingerprint density at radius 1 is 1.15 bits per heavy atom. The van der Waals surface area contributed by atoms with Gasteiger partial charge in [0, 0.05) is 11.9 Å². The summed E-state index contributed by atoms with van der Waals surface area (Å²) in [6.07, 6.45) is 1.78. The molecule has 0 radical (unpaired) electrons. The summed E-state index contributed by atoms with van der Waals surface area (Å²) >= 11 is 0. The van der Waals surface area contributed by atoms with Gasteiger partial charge in [-0.2, -0.15) is 0 Å². The average Bonchev–Trinajstić information content (AvgIpc) is 2.50. The number of methoxy groups -OCH3 is 1. The van der Waals surface area contributed by atoms with E-state index in [1.54, 1.807) is 48.7 Å². The Labute approximate surface area is 116 Å². The zero-order chi connectivity index (χ0) is 14.4. The molecule has 0 aliphatic carbocycles. The lowest BCUT2D eigenvalue weighted by atomic mass is 10.1. The summed E-state index contributed by atoms with van der Waals surface area (Å²) in [6.45, 7) is 0. The Bertz CT molecular complexity index is 594. The van der Waals surface area contributed by atoms with Crippen molar-refractivity contribution < 1.29 is 14.3 Å². The number of nitrogens with one attached hydrogen (secondary N) is 1. The minimum atomic E-state index is -0.296. The lowest BCUT2D eigenvalue weighted by Crippen LogP contribution is -2.13. The summed E-state index contributed by atoms with van der Waals surface area (Å²) in [5.74, 6) is -0.568. The van der Waals surface area contributed by atoms with Gasteiger partial charge in [0.2, 0.25) is 0 Å². The van der Waals surface area contributed by atoms with Crippen LogP contribution in [0, 0.1) is 0 Å². The van der Waals surface area contributed by atoms with Gasteiger partial charge >= 0.3 is 5.97 Å². The molecule has 1 aromatic carbocycles. The molecule has 0 aliphatic heterocycles. The number of esters is 1. The predicted octanol–water partition coefficient (Wildman–Crippen LogP) is 2.05. The molecule has 0 unspecified atom stereocenters. The summed E-state index contributed by atoms with van der Waals surface area (Å²) in [5.41, 5.74) is 1.83. The number of carbonyl (C=O) groups is 2. The topological polar surface area (TPSA) is 68.3 Å². The predicted molar refractivity (Wildman–Crippen MR) is 74.4 cm³/mol. The molecule has 1 heterocycles. The normalized spacial score (nSPS) is 9.85. The van der Waals surface area contributed by atoms with Gasteiger partial charge < -0.3 is 10.1 Å². The molecule has 0 bridgehead atoms. The van der Waals surface area contributed by atoms with Crippen LogP contribution in [0.3, 0.4) is 0 Å². The van der Waals surface area contributed by atoms with Gasteiger partial charge in [-0.3, -0.25) is 14.6 Å². The molecule has 20 heavy (non-hydrogen) atoms. The molecular formula is C15H14N2O3. The summed E-state index contributed by atoms with van der Waals surface area (Å²) in [5, 5.41) is 2.74. The van der Waals surface area contributed by atoms with E-state index in [2.05, 4.69) is 15.0 Å². The second kappa shape index (κ2) is 6.47. The molecule has 0 fully saturated rings. The van der Waals surface area contributed by atoms with E-state index in [9.17, 15) is 9.59 Å². The fourth-order valence-corrected chi connectivity index (χ4v) is 1.64. The van der Waals surface area contributed by atoms with Crippen molar-refractivity contribution in [2.24, 2.45) is 0 Å². The number of carbonyl (C=O) groups excluding carboxylic acids is 2. The third-order valence-electron chi connectivity index (χ3n) is 2.69. The number of aromatic nitrogens is 1. The Kier molecular flexibility index (Phi) is 4.44. The monoisotopic (exact) mass is 270 g/mol. The molecule has 5 nitrogen and oxygen atoms in total. The van der Waals surface area contributed by atoms with Gasteiger partial charge in [-0.05, 0) is 29.8 Å². The summed E-state index contributed by atoms with van der Waals surface area (Å²) in [4.78, 5) is 27.0. The maximum atomic E-state index is 11.9. The number of benzene rings is 1. The summed E-state index contributed by atoms with van der Waals surface area (Å²) < 4.78 is 4.59. The molecular weight excluding hydrogens is 256 g/mol. The largest absolute Gasteiger partial charge is 0.469 e. The number of rotatable bonds is 4. The third kappa shape index (κ3) is 3.65. The first kappa shape index (κ1) is 13.7. The van der Waals surface area contributed by atoms with Gasteiger partial charge in [-0.15, -0.1) is 0 Å². The zero-order valence-corrected chi connectivity index (χ0v) is 11.0. The Morgan fingerprint density at radius 3 is 2.50 bits per heavy atom. The van der Waals surface area contributed by atoms with E-state index in [1.807, 2.05) is 0 Å². The van der Waals surface area contributed by atoms with Gasteiger partial charge in [0.25, 0.3) is 5.91 Å². The highest BCUT2D eigenvalue weighted by Gasteiger charge is 2.07. The molecule has 2 aromatic rings. The van der Waals surface area contributed by atoms with Crippen LogP contribution in [-0.4, -0.2) is 24.0 Å². The van der Waals surface area contributed by atoms with Crippen molar-refractivity contribution in [2.75, 3.05) is 12.4 Å². The lowest BCUT2D eigenvalue weighted by molar-refractivity contribution is -0.139. The van der Waals surface area contributed by atoms with E-state index in [4.69, 9.17) is 0 Å². The zero-order valence-electron chi connectivity index (χ0n) is 11.0. The summed E-state index contributed by atoms with van der Waals surface area (Å²) in [6, 6.07) is 12.1. The van der Waals surface area contributed by atoms with Crippen LogP contribution < -0.4 is 5.32 Å². The van der Waals surface area contributed by atoms with Crippen LogP contribution in [0.25, 0.3) is 0 Å². The molecule has 0 saturated carbocycles. The van der Waals surface area contributed by atoms with Crippen LogP contribution in [0.15, 0.2) is 48.7 Å². The molecule has 1 amide bonds. The summed E-state index contributed by atoms with van der Waals surface area (Å²) in [7, 11) is 1.35. The number of hydrogen-bond acceptors (Lipinski definition) is 4. The Morgan fingerprint density at radius 2 is 1.90 bits per heavy atom. The van der Waals surface area contributed by atoms with Crippen LogP contribution in [0.1, 0.15) is 16.1 Å². The average molecular weight is 270 g/mol. The van der Waals surface area contributed by atoms with Gasteiger partial charge in [0.05, 0.1) is 13.5 Å². The van der Waals surface area contributed by atoms with Crippen molar-refractivity contribution in [2.45, 2.75) is 6.42 Å². The molecule has 0 aliphatic rings. The molecule has 5 heteroatoms. The molecule has 1 N–H and O–H groups in total. The van der Waals surface area contributed by atoms with E-state index in [0.29, 0.717) is 11.4 Å². The van der Waals surface area contributed by atoms with E-state index >= 15 is 0 Å². The van der Waals surface area contributed by atoms with E-state index in [1.165, 1.54) is 7.11 Å². The first-order chi connectivity index (χ1) is 9.69. The van der Waals surface area contributed by atoms with E-state index in [-0.39, 0.29) is 18.3 Å². The maximum absolute atomic E-state index is 11.9. The second-order valence-corrected chi connectivity index (χ2v) is 4.12. The fraction of sp³-hybridized carbons (Fsp3) is 0.133. The Hall–Kier alpha value is -2.69. The van der Waals surface area contributed by atoms with Crippen molar-refractivity contribution in [1.29, 1.82) is 0 Å². The first-order valence-corrected chi connectivity index (χ1v) is 6.07. The van der Waals surface area contributed by atoms with Crippen LogP contribution >= 0.6 is 0 Å². The Balaban J connectivity index is 2.00. The third-order valence-corrected chi connectivity index (χ3v) is 2.69. The minimum absolute atomic E-state index is 0.213. The highest BCUT2D eigenvalue weighted by Crippen LogP contribution is 2.11. The van der Waals surface area contributed by atoms with Gasteiger partial charge in [-0.25, -0.2) is 0 Å². The fourth-order valence-electron chi connectivity index (χ4n) is 1.64. The lowest BCUT2D eigenvalue weighted by Gasteiger charge is -2.05. The smallest absolute Gasteiger partial charge is 0.309 e. The van der Waals surface area contributed by atoms with Crippen molar-refractivity contribution in [1.82, 2.24) is 4.98 Å². The number of pyridine rings is 1. The molecule has 2 rings (SSSR count). The SMILES string of the molecule is COC(=O)Cc1ccc(NC(=O)c2ccccn2)cc1. The molecule has 102 valence electrons. The molecule has 0 atom stereocenters. The molecule has 0 saturated heterocycles. The number of hydrogen-bond donors (Lipinski definition) is 1. The van der Waals surface area contributed by atoms with E-state index in [0.717, 1.165) is 5.56 Å². The van der Waals surface area contributed by atoms with Crippen molar-refractivity contribution in [3.8, 4) is 0 Å². The van der Waals surface area contributed by atoms with Crippen molar-refractivity contribution >= 4 is 17.6 Å². The minimum Gasteiger partial charge on any atom is -0.469 e. The van der Waals surface area contributed by atoms with E-state index < -0.39 is 0 Å². The van der Waals surface area contributed by atoms with Gasteiger partial charge in [0.1, 0.15) is 5.69 Å².